The molecule has 0 atom stereocenters. The summed E-state index contributed by atoms with van der Waals surface area (Å²) in [5.41, 5.74) is 4.88. The number of fused-ring (bicyclic) bond motifs is 1. The van der Waals surface area contributed by atoms with Gasteiger partial charge in [0.15, 0.2) is 0 Å². The second-order valence-corrected chi connectivity index (χ2v) is 8.48. The van der Waals surface area contributed by atoms with Crippen molar-refractivity contribution in [1.29, 1.82) is 5.26 Å². The number of hydrogen-bond acceptors (Lipinski definition) is 7. The van der Waals surface area contributed by atoms with E-state index in [2.05, 4.69) is 53.4 Å². The molecule has 0 N–H and O–H groups in total. The van der Waals surface area contributed by atoms with E-state index in [0.29, 0.717) is 18.0 Å². The average Bonchev–Trinajstić information content (AvgIpc) is 3.07. The van der Waals surface area contributed by atoms with Crippen LogP contribution in [0.3, 0.4) is 0 Å². The van der Waals surface area contributed by atoms with Gasteiger partial charge < -0.3 is 9.64 Å². The van der Waals surface area contributed by atoms with Crippen molar-refractivity contribution in [2.45, 2.75) is 59.4 Å². The minimum atomic E-state index is 0.0766. The van der Waals surface area contributed by atoms with Crippen LogP contribution in [0.2, 0.25) is 0 Å². The molecule has 0 aliphatic carbocycles. The number of benzene rings is 1. The van der Waals surface area contributed by atoms with Gasteiger partial charge in [0.05, 0.1) is 18.0 Å². The fourth-order valence-corrected chi connectivity index (χ4v) is 4.25. The number of ether oxygens (including phenoxy) is 1. The van der Waals surface area contributed by atoms with Crippen molar-refractivity contribution in [3.63, 3.8) is 0 Å². The fraction of sp³-hybridized carbons (Fsp3) is 0.524. The summed E-state index contributed by atoms with van der Waals surface area (Å²) in [5, 5.41) is 18.2. The number of rotatable bonds is 5. The van der Waals surface area contributed by atoms with Crippen molar-refractivity contribution in [2.75, 3.05) is 18.6 Å². The van der Waals surface area contributed by atoms with Crippen LogP contribution in [0, 0.1) is 18.3 Å². The van der Waals surface area contributed by atoms with Crippen LogP contribution in [0.4, 0.5) is 17.2 Å². The molecule has 6 nitrogen and oxygen atoms in total. The molecule has 0 radical (unpaired) electrons. The van der Waals surface area contributed by atoms with Crippen LogP contribution in [0.5, 0.6) is 5.75 Å². The van der Waals surface area contributed by atoms with E-state index in [4.69, 9.17) is 4.74 Å². The summed E-state index contributed by atoms with van der Waals surface area (Å²) in [7, 11) is 2.13. The zero-order chi connectivity index (χ0) is 20.5. The van der Waals surface area contributed by atoms with Crippen molar-refractivity contribution in [1.82, 2.24) is 4.37 Å². The molecule has 0 fully saturated rings. The Bertz CT molecular complexity index is 955. The van der Waals surface area contributed by atoms with Gasteiger partial charge in [-0.25, -0.2) is 0 Å². The third-order valence-corrected chi connectivity index (χ3v) is 6.56. The maximum Gasteiger partial charge on any atom is 0.205 e. The summed E-state index contributed by atoms with van der Waals surface area (Å²) >= 11 is 1.32. The highest BCUT2D eigenvalue weighted by molar-refractivity contribution is 7.06. The predicted molar refractivity (Wildman–Crippen MR) is 114 cm³/mol. The van der Waals surface area contributed by atoms with Gasteiger partial charge in [-0.3, -0.25) is 0 Å². The Labute approximate surface area is 171 Å². The number of nitrogens with zero attached hydrogens (tertiary/aromatic N) is 5. The van der Waals surface area contributed by atoms with Gasteiger partial charge in [0.2, 0.25) is 5.82 Å². The number of nitriles is 1. The Hall–Kier alpha value is -2.46. The van der Waals surface area contributed by atoms with Gasteiger partial charge in [-0.2, -0.15) is 9.64 Å². The smallest absolute Gasteiger partial charge is 0.205 e. The summed E-state index contributed by atoms with van der Waals surface area (Å²) < 4.78 is 10.3. The number of aromatic nitrogens is 1. The quantitative estimate of drug-likeness (QED) is 0.592. The van der Waals surface area contributed by atoms with Gasteiger partial charge in [-0.05, 0) is 69.6 Å². The average molecular weight is 398 g/mol. The summed E-state index contributed by atoms with van der Waals surface area (Å²) in [6.45, 7) is 11.2. The number of hydrogen-bond donors (Lipinski definition) is 0. The van der Waals surface area contributed by atoms with E-state index in [0.717, 1.165) is 46.8 Å². The van der Waals surface area contributed by atoms with Crippen molar-refractivity contribution < 1.29 is 4.74 Å². The first-order chi connectivity index (χ1) is 13.3. The molecule has 0 bridgehead atoms. The Balaban J connectivity index is 2.08. The molecule has 2 aromatic rings. The first kappa shape index (κ1) is 20.3. The largest absolute Gasteiger partial charge is 0.492 e. The summed E-state index contributed by atoms with van der Waals surface area (Å²) in [6.07, 6.45) is 2.81. The molecule has 1 aromatic carbocycles. The Morgan fingerprint density at radius 3 is 2.75 bits per heavy atom. The fourth-order valence-electron chi connectivity index (χ4n) is 3.56. The van der Waals surface area contributed by atoms with E-state index in [9.17, 15) is 5.26 Å². The molecule has 7 heteroatoms. The van der Waals surface area contributed by atoms with Gasteiger partial charge in [0.1, 0.15) is 17.4 Å². The monoisotopic (exact) mass is 397 g/mol. The van der Waals surface area contributed by atoms with Crippen molar-refractivity contribution in [2.24, 2.45) is 10.2 Å². The summed E-state index contributed by atoms with van der Waals surface area (Å²) in [4.78, 5) is 3.25. The van der Waals surface area contributed by atoms with E-state index in [1.165, 1.54) is 17.1 Å². The van der Waals surface area contributed by atoms with E-state index in [1.807, 2.05) is 19.9 Å². The molecule has 0 spiro atoms. The normalized spacial score (nSPS) is 15.5. The molecule has 148 valence electrons. The molecular weight excluding hydrogens is 370 g/mol. The zero-order valence-corrected chi connectivity index (χ0v) is 18.3. The molecule has 3 rings (SSSR count). The highest BCUT2D eigenvalue weighted by Gasteiger charge is 2.34. The lowest BCUT2D eigenvalue weighted by Gasteiger charge is -2.44. The lowest BCUT2D eigenvalue weighted by molar-refractivity contribution is 0.333. The van der Waals surface area contributed by atoms with Crippen LogP contribution in [-0.4, -0.2) is 23.6 Å². The maximum absolute atomic E-state index is 9.41. The van der Waals surface area contributed by atoms with Crippen molar-refractivity contribution in [3.05, 3.63) is 27.6 Å². The third kappa shape index (κ3) is 3.49. The number of anilines is 1. The SMILES string of the molecule is CCOc1cc(N=Nc2nsc(CC)c2C#N)c(C)c2c1N(C)C(C)(C)CC2. The molecule has 1 aliphatic rings. The van der Waals surface area contributed by atoms with Gasteiger partial charge in [-0.15, -0.1) is 10.2 Å². The minimum absolute atomic E-state index is 0.0766. The molecule has 0 saturated heterocycles. The number of aryl methyl sites for hydroxylation is 1. The van der Waals surface area contributed by atoms with Crippen LogP contribution in [0.25, 0.3) is 0 Å². The van der Waals surface area contributed by atoms with Crippen LogP contribution >= 0.6 is 11.5 Å². The number of azo groups is 1. The van der Waals surface area contributed by atoms with Crippen LogP contribution in [-0.2, 0) is 12.8 Å². The molecule has 2 heterocycles. The second-order valence-electron chi connectivity index (χ2n) is 7.62. The predicted octanol–water partition coefficient (Wildman–Crippen LogP) is 5.86. The van der Waals surface area contributed by atoms with E-state index in [-0.39, 0.29) is 5.54 Å². The van der Waals surface area contributed by atoms with Crippen molar-refractivity contribution in [3.8, 4) is 11.8 Å². The van der Waals surface area contributed by atoms with Gasteiger partial charge in [-0.1, -0.05) is 6.92 Å². The second kappa shape index (κ2) is 7.88. The molecule has 1 aromatic heterocycles. The van der Waals surface area contributed by atoms with Crippen LogP contribution < -0.4 is 9.64 Å². The van der Waals surface area contributed by atoms with Gasteiger partial charge in [0, 0.05) is 23.5 Å². The topological polar surface area (TPSA) is 73.9 Å². The van der Waals surface area contributed by atoms with Gasteiger partial charge in [0.25, 0.3) is 0 Å². The summed E-state index contributed by atoms with van der Waals surface area (Å²) in [5.74, 6) is 1.23. The molecule has 0 unspecified atom stereocenters. The van der Waals surface area contributed by atoms with Crippen LogP contribution in [0.1, 0.15) is 55.7 Å². The minimum Gasteiger partial charge on any atom is -0.492 e. The first-order valence-corrected chi connectivity index (χ1v) is 10.4. The molecule has 28 heavy (non-hydrogen) atoms. The molecular formula is C21H27N5OS. The Kier molecular flexibility index (Phi) is 5.71. The highest BCUT2D eigenvalue weighted by atomic mass is 32.1. The first-order valence-electron chi connectivity index (χ1n) is 9.67. The maximum atomic E-state index is 9.41. The van der Waals surface area contributed by atoms with E-state index >= 15 is 0 Å². The van der Waals surface area contributed by atoms with Crippen molar-refractivity contribution >= 4 is 28.7 Å². The Morgan fingerprint density at radius 2 is 2.11 bits per heavy atom. The molecule has 0 saturated carbocycles. The molecule has 0 amide bonds. The van der Waals surface area contributed by atoms with E-state index in [1.54, 1.807) is 0 Å². The zero-order valence-electron chi connectivity index (χ0n) is 17.5. The van der Waals surface area contributed by atoms with Crippen LogP contribution in [0.15, 0.2) is 16.3 Å². The molecule has 1 aliphatic heterocycles. The van der Waals surface area contributed by atoms with Gasteiger partial charge >= 0.3 is 0 Å². The third-order valence-electron chi connectivity index (χ3n) is 5.58. The standard InChI is InChI=1S/C21H27N5OS/c1-7-18-15(12-22)20(25-28-18)24-23-16-11-17(27-8-2)19-14(13(16)3)9-10-21(4,5)26(19)6/h11H,7-10H2,1-6H3. The van der Waals surface area contributed by atoms with E-state index < -0.39 is 0 Å². The summed E-state index contributed by atoms with van der Waals surface area (Å²) in [6, 6.07) is 4.16. The lowest BCUT2D eigenvalue weighted by Crippen LogP contribution is -2.45. The Morgan fingerprint density at radius 1 is 1.36 bits per heavy atom. The highest BCUT2D eigenvalue weighted by Crippen LogP contribution is 2.46. The lowest BCUT2D eigenvalue weighted by atomic mass is 9.85.